The lowest BCUT2D eigenvalue weighted by atomic mass is 10.0. The smallest absolute Gasteiger partial charge is 0.0573 e. The third-order valence-electron chi connectivity index (χ3n) is 3.28. The molecule has 1 aliphatic rings. The minimum absolute atomic E-state index is 0.217. The molecule has 4 nitrogen and oxygen atoms in total. The molecule has 2 unspecified atom stereocenters. The Bertz CT molecular complexity index is 354. The molecule has 1 aromatic heterocycles. The molecule has 2 atom stereocenters. The zero-order valence-electron chi connectivity index (χ0n) is 9.85. The molecule has 1 saturated heterocycles. The number of hydrogen-bond donors (Lipinski definition) is 2. The zero-order chi connectivity index (χ0) is 11.5. The van der Waals surface area contributed by atoms with Gasteiger partial charge in [0.15, 0.2) is 0 Å². The third-order valence-corrected chi connectivity index (χ3v) is 3.28. The van der Waals surface area contributed by atoms with E-state index >= 15 is 0 Å². The number of hydrogen-bond acceptors (Lipinski definition) is 4. The Morgan fingerprint density at radius 2 is 2.38 bits per heavy atom. The second kappa shape index (κ2) is 4.70. The maximum absolute atomic E-state index is 9.56. The number of nitrogens with one attached hydrogen (secondary N) is 1. The van der Waals surface area contributed by atoms with Gasteiger partial charge in [-0.05, 0) is 19.4 Å². The number of aliphatic hydroxyl groups excluding tert-OH is 1. The molecular formula is C12H19N3O. The topological polar surface area (TPSA) is 48.4 Å². The minimum Gasteiger partial charge on any atom is -0.393 e. The van der Waals surface area contributed by atoms with Gasteiger partial charge in [-0.25, -0.2) is 0 Å². The summed E-state index contributed by atoms with van der Waals surface area (Å²) >= 11 is 0. The predicted octanol–water partition coefficient (Wildman–Crippen LogP) is 1.33. The quantitative estimate of drug-likeness (QED) is 0.808. The highest BCUT2D eigenvalue weighted by molar-refractivity contribution is 5.55. The number of pyridine rings is 1. The van der Waals surface area contributed by atoms with Crippen molar-refractivity contribution in [3.63, 3.8) is 0 Å². The summed E-state index contributed by atoms with van der Waals surface area (Å²) in [4.78, 5) is 6.49. The second-order valence-corrected chi connectivity index (χ2v) is 4.42. The Labute approximate surface area is 96.3 Å². The van der Waals surface area contributed by atoms with Crippen LogP contribution < -0.4 is 10.2 Å². The molecule has 0 bridgehead atoms. The number of aromatic nitrogens is 1. The Morgan fingerprint density at radius 1 is 1.56 bits per heavy atom. The first-order valence-electron chi connectivity index (χ1n) is 5.76. The summed E-state index contributed by atoms with van der Waals surface area (Å²) in [7, 11) is 1.89. The van der Waals surface area contributed by atoms with Crippen molar-refractivity contribution < 1.29 is 5.11 Å². The SMILES string of the molecule is CNc1cncc(N2CCC(C(C)O)C2)c1. The lowest BCUT2D eigenvalue weighted by Gasteiger charge is -2.19. The summed E-state index contributed by atoms with van der Waals surface area (Å²) in [5, 5.41) is 12.6. The fourth-order valence-electron chi connectivity index (χ4n) is 2.15. The average Bonchev–Trinajstić information content (AvgIpc) is 2.78. The van der Waals surface area contributed by atoms with Crippen LogP contribution in [0.3, 0.4) is 0 Å². The molecule has 1 aromatic rings. The molecule has 4 heteroatoms. The summed E-state index contributed by atoms with van der Waals surface area (Å²) in [6, 6.07) is 2.09. The van der Waals surface area contributed by atoms with Gasteiger partial charge in [-0.15, -0.1) is 0 Å². The maximum atomic E-state index is 9.56. The van der Waals surface area contributed by atoms with Crippen LogP contribution in [0.1, 0.15) is 13.3 Å². The fraction of sp³-hybridized carbons (Fsp3) is 0.583. The van der Waals surface area contributed by atoms with Gasteiger partial charge >= 0.3 is 0 Å². The molecule has 0 saturated carbocycles. The van der Waals surface area contributed by atoms with Gasteiger partial charge in [-0.3, -0.25) is 4.98 Å². The summed E-state index contributed by atoms with van der Waals surface area (Å²) < 4.78 is 0. The lowest BCUT2D eigenvalue weighted by Crippen LogP contribution is -2.23. The molecule has 2 rings (SSSR count). The van der Waals surface area contributed by atoms with Crippen molar-refractivity contribution in [2.24, 2.45) is 5.92 Å². The van der Waals surface area contributed by atoms with E-state index in [1.54, 1.807) is 0 Å². The van der Waals surface area contributed by atoms with Gasteiger partial charge < -0.3 is 15.3 Å². The largest absolute Gasteiger partial charge is 0.393 e. The average molecular weight is 221 g/mol. The summed E-state index contributed by atoms with van der Waals surface area (Å²) in [6.07, 6.45) is 4.53. The van der Waals surface area contributed by atoms with E-state index in [-0.39, 0.29) is 6.10 Å². The number of aliphatic hydroxyl groups is 1. The van der Waals surface area contributed by atoms with Crippen molar-refractivity contribution in [2.45, 2.75) is 19.4 Å². The Morgan fingerprint density at radius 3 is 3.00 bits per heavy atom. The van der Waals surface area contributed by atoms with Crippen LogP contribution in [0.5, 0.6) is 0 Å². The van der Waals surface area contributed by atoms with Crippen LogP contribution in [0.2, 0.25) is 0 Å². The molecule has 16 heavy (non-hydrogen) atoms. The summed E-state index contributed by atoms with van der Waals surface area (Å²) in [5.74, 6) is 0.387. The van der Waals surface area contributed by atoms with Crippen LogP contribution in [0.15, 0.2) is 18.5 Å². The van der Waals surface area contributed by atoms with E-state index in [2.05, 4.69) is 21.3 Å². The molecule has 0 aliphatic carbocycles. The molecule has 2 N–H and O–H groups in total. The first-order valence-corrected chi connectivity index (χ1v) is 5.76. The maximum Gasteiger partial charge on any atom is 0.0573 e. The van der Waals surface area contributed by atoms with Crippen molar-refractivity contribution in [2.75, 3.05) is 30.4 Å². The van der Waals surface area contributed by atoms with Gasteiger partial charge in [-0.2, -0.15) is 0 Å². The van der Waals surface area contributed by atoms with Crippen LogP contribution in [0.25, 0.3) is 0 Å². The van der Waals surface area contributed by atoms with E-state index in [0.717, 1.165) is 30.9 Å². The Balaban J connectivity index is 2.08. The molecule has 0 spiro atoms. The molecule has 2 heterocycles. The van der Waals surface area contributed by atoms with E-state index < -0.39 is 0 Å². The summed E-state index contributed by atoms with van der Waals surface area (Å²) in [5.41, 5.74) is 2.16. The molecule has 0 aromatic carbocycles. The van der Waals surface area contributed by atoms with E-state index in [4.69, 9.17) is 0 Å². The first-order chi connectivity index (χ1) is 7.70. The fourth-order valence-corrected chi connectivity index (χ4v) is 2.15. The molecule has 1 aliphatic heterocycles. The van der Waals surface area contributed by atoms with Gasteiger partial charge in [0, 0.05) is 26.1 Å². The van der Waals surface area contributed by atoms with Crippen molar-refractivity contribution in [1.29, 1.82) is 0 Å². The number of rotatable bonds is 3. The summed E-state index contributed by atoms with van der Waals surface area (Å²) in [6.45, 7) is 3.80. The normalized spacial score (nSPS) is 22.2. The van der Waals surface area contributed by atoms with Crippen molar-refractivity contribution >= 4 is 11.4 Å². The van der Waals surface area contributed by atoms with Gasteiger partial charge in [0.2, 0.25) is 0 Å². The first kappa shape index (κ1) is 11.2. The molecule has 0 amide bonds. The van der Waals surface area contributed by atoms with Gasteiger partial charge in [0.25, 0.3) is 0 Å². The molecule has 1 fully saturated rings. The van der Waals surface area contributed by atoms with Crippen LogP contribution >= 0.6 is 0 Å². The number of nitrogens with zero attached hydrogens (tertiary/aromatic N) is 2. The van der Waals surface area contributed by atoms with Crippen molar-refractivity contribution in [3.8, 4) is 0 Å². The zero-order valence-corrected chi connectivity index (χ0v) is 9.85. The monoisotopic (exact) mass is 221 g/mol. The van der Waals surface area contributed by atoms with Gasteiger partial charge in [-0.1, -0.05) is 0 Å². The predicted molar refractivity (Wildman–Crippen MR) is 65.8 cm³/mol. The van der Waals surface area contributed by atoms with Crippen molar-refractivity contribution in [1.82, 2.24) is 4.98 Å². The third kappa shape index (κ3) is 2.27. The highest BCUT2D eigenvalue weighted by Gasteiger charge is 2.26. The van der Waals surface area contributed by atoms with Crippen molar-refractivity contribution in [3.05, 3.63) is 18.5 Å². The Kier molecular flexibility index (Phi) is 3.29. The van der Waals surface area contributed by atoms with E-state index in [1.807, 2.05) is 26.4 Å². The number of anilines is 2. The van der Waals surface area contributed by atoms with Crippen LogP contribution in [-0.2, 0) is 0 Å². The van der Waals surface area contributed by atoms with E-state index in [1.165, 1.54) is 0 Å². The highest BCUT2D eigenvalue weighted by Crippen LogP contribution is 2.26. The molecule has 88 valence electrons. The Hall–Kier alpha value is -1.29. The van der Waals surface area contributed by atoms with Crippen LogP contribution in [0, 0.1) is 5.92 Å². The lowest BCUT2D eigenvalue weighted by molar-refractivity contribution is 0.136. The molecule has 0 radical (unpaired) electrons. The highest BCUT2D eigenvalue weighted by atomic mass is 16.3. The molecular weight excluding hydrogens is 202 g/mol. The minimum atomic E-state index is -0.217. The van der Waals surface area contributed by atoms with Gasteiger partial charge in [0.1, 0.15) is 0 Å². The second-order valence-electron chi connectivity index (χ2n) is 4.42. The van der Waals surface area contributed by atoms with Gasteiger partial charge in [0.05, 0.1) is 29.9 Å². The van der Waals surface area contributed by atoms with E-state index in [9.17, 15) is 5.11 Å². The van der Waals surface area contributed by atoms with Crippen LogP contribution in [-0.4, -0.2) is 36.3 Å². The standard InChI is InChI=1S/C12H19N3O/c1-9(16)10-3-4-15(8-10)12-5-11(13-2)6-14-7-12/h5-7,9-10,13,16H,3-4,8H2,1-2H3. The van der Waals surface area contributed by atoms with E-state index in [0.29, 0.717) is 5.92 Å². The van der Waals surface area contributed by atoms with Crippen LogP contribution in [0.4, 0.5) is 11.4 Å².